The summed E-state index contributed by atoms with van der Waals surface area (Å²) in [6.07, 6.45) is 3.83. The van der Waals surface area contributed by atoms with Crippen molar-refractivity contribution in [1.82, 2.24) is 9.97 Å². The lowest BCUT2D eigenvalue weighted by atomic mass is 10.2. The molecule has 4 rings (SSSR count). The molecule has 0 bridgehead atoms. The maximum atomic E-state index is 13.5. The summed E-state index contributed by atoms with van der Waals surface area (Å²) in [4.78, 5) is 24.4. The molecule has 2 heterocycles. The molecule has 0 aliphatic carbocycles. The fourth-order valence-corrected chi connectivity index (χ4v) is 4.30. The highest BCUT2D eigenvalue weighted by atomic mass is 32.1. The van der Waals surface area contributed by atoms with Crippen molar-refractivity contribution in [2.45, 2.75) is 33.2 Å². The van der Waals surface area contributed by atoms with Gasteiger partial charge in [-0.05, 0) is 61.4 Å². The summed E-state index contributed by atoms with van der Waals surface area (Å²) in [6.45, 7) is 5.20. The highest BCUT2D eigenvalue weighted by Crippen LogP contribution is 2.32. The zero-order valence-electron chi connectivity index (χ0n) is 17.7. The van der Waals surface area contributed by atoms with Crippen LogP contribution in [0.25, 0.3) is 10.2 Å². The Morgan fingerprint density at radius 2 is 1.90 bits per heavy atom. The van der Waals surface area contributed by atoms with E-state index in [4.69, 9.17) is 9.72 Å². The third kappa shape index (κ3) is 4.91. The van der Waals surface area contributed by atoms with E-state index < -0.39 is 0 Å². The van der Waals surface area contributed by atoms with Crippen molar-refractivity contribution in [2.75, 3.05) is 11.5 Å². The molecule has 2 aromatic carbocycles. The van der Waals surface area contributed by atoms with Gasteiger partial charge in [0, 0.05) is 11.8 Å². The number of carbonyl (C=O) groups excluding carboxylic acids is 1. The van der Waals surface area contributed by atoms with Crippen LogP contribution in [0.2, 0.25) is 0 Å². The van der Waals surface area contributed by atoms with Gasteiger partial charge in [-0.1, -0.05) is 42.9 Å². The summed E-state index contributed by atoms with van der Waals surface area (Å²) in [5, 5.41) is 0.670. The monoisotopic (exact) mass is 431 g/mol. The Kier molecular flexibility index (Phi) is 6.57. The molecule has 0 fully saturated rings. The lowest BCUT2D eigenvalue weighted by Crippen LogP contribution is -2.30. The number of rotatable bonds is 8. The van der Waals surface area contributed by atoms with E-state index in [9.17, 15) is 4.79 Å². The number of para-hydroxylation sites is 1. The van der Waals surface area contributed by atoms with E-state index in [1.165, 1.54) is 11.3 Å². The van der Waals surface area contributed by atoms with Gasteiger partial charge in [0.05, 0.1) is 29.1 Å². The number of amides is 1. The number of nitrogens with zero attached hydrogens (tertiary/aromatic N) is 3. The molecule has 31 heavy (non-hydrogen) atoms. The lowest BCUT2D eigenvalue weighted by Gasteiger charge is -2.20. The number of aromatic nitrogens is 2. The van der Waals surface area contributed by atoms with Gasteiger partial charge in [0.15, 0.2) is 5.13 Å². The Morgan fingerprint density at radius 1 is 1.06 bits per heavy atom. The van der Waals surface area contributed by atoms with Crippen LogP contribution in [0.4, 0.5) is 5.13 Å². The average molecular weight is 432 g/mol. The predicted octanol–water partition coefficient (Wildman–Crippen LogP) is 6.03. The van der Waals surface area contributed by atoms with Gasteiger partial charge in [-0.3, -0.25) is 14.7 Å². The molecule has 4 aromatic rings. The van der Waals surface area contributed by atoms with Gasteiger partial charge in [-0.25, -0.2) is 4.98 Å². The first-order valence-corrected chi connectivity index (χ1v) is 11.3. The maximum absolute atomic E-state index is 13.5. The molecule has 158 valence electrons. The van der Waals surface area contributed by atoms with E-state index >= 15 is 0 Å². The van der Waals surface area contributed by atoms with Crippen LogP contribution in [0.3, 0.4) is 0 Å². The minimum atomic E-state index is -0.109. The number of fused-ring (bicyclic) bond motifs is 1. The van der Waals surface area contributed by atoms with Crippen molar-refractivity contribution in [1.29, 1.82) is 0 Å². The van der Waals surface area contributed by atoms with Gasteiger partial charge in [-0.15, -0.1) is 0 Å². The van der Waals surface area contributed by atoms with Gasteiger partial charge in [-0.2, -0.15) is 0 Å². The Labute approximate surface area is 186 Å². The summed E-state index contributed by atoms with van der Waals surface area (Å²) in [5.74, 6) is 0.666. The Bertz CT molecular complexity index is 1160. The second-order valence-corrected chi connectivity index (χ2v) is 8.37. The molecule has 5 nitrogen and oxygen atoms in total. The predicted molar refractivity (Wildman–Crippen MR) is 126 cm³/mol. The molecule has 6 heteroatoms. The van der Waals surface area contributed by atoms with E-state index in [1.807, 2.05) is 67.6 Å². The van der Waals surface area contributed by atoms with Crippen LogP contribution in [0, 0.1) is 6.92 Å². The van der Waals surface area contributed by atoms with Crippen LogP contribution < -0.4 is 9.64 Å². The Balaban J connectivity index is 1.64. The standard InChI is InChI=1S/C25H25N3O2S/c1-3-4-16-30-21-13-11-19(12-14-21)24(29)28(17-20-9-5-6-15-26-20)25-27-23-18(2)8-7-10-22(23)31-25/h5-15H,3-4,16-17H2,1-2H3. The zero-order chi connectivity index (χ0) is 21.6. The lowest BCUT2D eigenvalue weighted by molar-refractivity contribution is 0.0985. The van der Waals surface area contributed by atoms with Crippen LogP contribution in [0.15, 0.2) is 66.9 Å². The van der Waals surface area contributed by atoms with Gasteiger partial charge in [0.1, 0.15) is 5.75 Å². The number of thiazole rings is 1. The van der Waals surface area contributed by atoms with Crippen LogP contribution in [-0.2, 0) is 6.54 Å². The minimum absolute atomic E-state index is 0.109. The third-order valence-electron chi connectivity index (χ3n) is 5.00. The Morgan fingerprint density at radius 3 is 2.61 bits per heavy atom. The van der Waals surface area contributed by atoms with Crippen LogP contribution in [0.5, 0.6) is 5.75 Å². The second-order valence-electron chi connectivity index (χ2n) is 7.36. The SMILES string of the molecule is CCCCOc1ccc(C(=O)N(Cc2ccccn2)c2nc3c(C)cccc3s2)cc1. The van der Waals surface area contributed by atoms with E-state index in [1.54, 1.807) is 11.1 Å². The molecule has 0 aliphatic heterocycles. The van der Waals surface area contributed by atoms with Gasteiger partial charge in [0.2, 0.25) is 0 Å². The zero-order valence-corrected chi connectivity index (χ0v) is 18.6. The molecular weight excluding hydrogens is 406 g/mol. The van der Waals surface area contributed by atoms with Gasteiger partial charge in [0.25, 0.3) is 5.91 Å². The molecule has 0 N–H and O–H groups in total. The first-order valence-electron chi connectivity index (χ1n) is 10.5. The highest BCUT2D eigenvalue weighted by Gasteiger charge is 2.22. The number of ether oxygens (including phenoxy) is 1. The Hall–Kier alpha value is -3.25. The fourth-order valence-electron chi connectivity index (χ4n) is 3.25. The molecular formula is C25H25N3O2S. The minimum Gasteiger partial charge on any atom is -0.494 e. The number of carbonyl (C=O) groups is 1. The number of unbranched alkanes of at least 4 members (excludes halogenated alkanes) is 1. The molecule has 0 saturated carbocycles. The molecule has 0 radical (unpaired) electrons. The molecule has 0 unspecified atom stereocenters. The van der Waals surface area contributed by atoms with Crippen molar-refractivity contribution >= 4 is 32.6 Å². The molecule has 2 aromatic heterocycles. The van der Waals surface area contributed by atoms with E-state index in [0.717, 1.165) is 40.1 Å². The summed E-state index contributed by atoms with van der Waals surface area (Å²) in [6, 6.07) is 19.1. The number of aryl methyl sites for hydroxylation is 1. The van der Waals surface area contributed by atoms with Crippen molar-refractivity contribution in [3.63, 3.8) is 0 Å². The topological polar surface area (TPSA) is 55.3 Å². The number of hydrogen-bond donors (Lipinski definition) is 0. The summed E-state index contributed by atoms with van der Waals surface area (Å²) >= 11 is 1.52. The second kappa shape index (κ2) is 9.71. The summed E-state index contributed by atoms with van der Waals surface area (Å²) in [7, 11) is 0. The van der Waals surface area contributed by atoms with E-state index in [-0.39, 0.29) is 5.91 Å². The maximum Gasteiger partial charge on any atom is 0.260 e. The number of anilines is 1. The van der Waals surface area contributed by atoms with Crippen LogP contribution in [-0.4, -0.2) is 22.5 Å². The first kappa shape index (κ1) is 21.0. The molecule has 1 amide bonds. The molecule has 0 aliphatic rings. The normalized spacial score (nSPS) is 10.9. The van der Waals surface area contributed by atoms with Gasteiger partial charge < -0.3 is 4.74 Å². The average Bonchev–Trinajstić information content (AvgIpc) is 3.24. The number of pyridine rings is 1. The number of benzene rings is 2. The van der Waals surface area contributed by atoms with Crippen molar-refractivity contribution in [3.05, 3.63) is 83.7 Å². The fraction of sp³-hybridized carbons (Fsp3) is 0.240. The smallest absolute Gasteiger partial charge is 0.260 e. The van der Waals surface area contributed by atoms with Crippen molar-refractivity contribution in [3.8, 4) is 5.75 Å². The number of hydrogen-bond acceptors (Lipinski definition) is 5. The van der Waals surface area contributed by atoms with Crippen molar-refractivity contribution in [2.24, 2.45) is 0 Å². The van der Waals surface area contributed by atoms with Crippen LogP contribution >= 0.6 is 11.3 Å². The molecule has 0 atom stereocenters. The van der Waals surface area contributed by atoms with E-state index in [0.29, 0.717) is 23.8 Å². The first-order chi connectivity index (χ1) is 15.2. The molecule has 0 spiro atoms. The molecule has 0 saturated heterocycles. The van der Waals surface area contributed by atoms with Crippen molar-refractivity contribution < 1.29 is 9.53 Å². The largest absolute Gasteiger partial charge is 0.494 e. The highest BCUT2D eigenvalue weighted by molar-refractivity contribution is 7.22. The van der Waals surface area contributed by atoms with Crippen LogP contribution in [0.1, 0.15) is 41.4 Å². The summed E-state index contributed by atoms with van der Waals surface area (Å²) in [5.41, 5.74) is 3.43. The van der Waals surface area contributed by atoms with E-state index in [2.05, 4.69) is 11.9 Å². The third-order valence-corrected chi connectivity index (χ3v) is 6.04. The summed E-state index contributed by atoms with van der Waals surface area (Å²) < 4.78 is 6.79. The quantitative estimate of drug-likeness (QED) is 0.320. The van der Waals surface area contributed by atoms with Gasteiger partial charge >= 0.3 is 0 Å².